The molecule has 1 heterocycles. The highest BCUT2D eigenvalue weighted by atomic mass is 16.4. The van der Waals surface area contributed by atoms with E-state index in [1.165, 1.54) is 0 Å². The van der Waals surface area contributed by atoms with Gasteiger partial charge in [-0.1, -0.05) is 6.07 Å². The van der Waals surface area contributed by atoms with Crippen LogP contribution in [0.15, 0.2) is 18.2 Å². The number of hydrogen-bond acceptors (Lipinski definition) is 3. The number of fused-ring (bicyclic) bond motifs is 1. The second-order valence-electron chi connectivity index (χ2n) is 4.22. The van der Waals surface area contributed by atoms with E-state index in [0.717, 1.165) is 30.7 Å². The number of aryl methyl sites for hydroxylation is 2. The van der Waals surface area contributed by atoms with E-state index in [2.05, 4.69) is 4.98 Å². The number of nitrogens with zero attached hydrogens (tertiary/aromatic N) is 2. The molecule has 0 radical (unpaired) electrons. The van der Waals surface area contributed by atoms with Crippen molar-refractivity contribution < 1.29 is 15.0 Å². The number of imidazole rings is 1. The molecule has 0 amide bonds. The third kappa shape index (κ3) is 2.22. The van der Waals surface area contributed by atoms with Crippen molar-refractivity contribution in [1.82, 2.24) is 9.55 Å². The van der Waals surface area contributed by atoms with Gasteiger partial charge in [0.25, 0.3) is 0 Å². The maximum atomic E-state index is 11.1. The number of rotatable bonds is 5. The standard InChI is InChI=1S/C13H16N2O3/c1-9-14-12-10(13(17)18)5-4-6-11(12)15(9)7-2-3-8-16/h4-6,16H,2-3,7-8H2,1H3,(H,17,18). The van der Waals surface area contributed by atoms with Crippen molar-refractivity contribution in [1.29, 1.82) is 0 Å². The lowest BCUT2D eigenvalue weighted by atomic mass is 10.2. The highest BCUT2D eigenvalue weighted by molar-refractivity contribution is 6.01. The predicted octanol–water partition coefficient (Wildman–Crippen LogP) is 1.82. The average molecular weight is 248 g/mol. The Morgan fingerprint density at radius 1 is 1.39 bits per heavy atom. The third-order valence-corrected chi connectivity index (χ3v) is 2.99. The first-order valence-electron chi connectivity index (χ1n) is 5.95. The first-order valence-corrected chi connectivity index (χ1v) is 5.95. The molecule has 0 aliphatic heterocycles. The first-order chi connectivity index (χ1) is 8.65. The molecular formula is C13H16N2O3. The van der Waals surface area contributed by atoms with Crippen molar-refractivity contribution in [2.24, 2.45) is 0 Å². The van der Waals surface area contributed by atoms with Gasteiger partial charge in [-0.05, 0) is 31.9 Å². The molecule has 0 unspecified atom stereocenters. The molecule has 0 atom stereocenters. The molecule has 2 N–H and O–H groups in total. The van der Waals surface area contributed by atoms with E-state index < -0.39 is 5.97 Å². The lowest BCUT2D eigenvalue weighted by Crippen LogP contribution is -2.01. The van der Waals surface area contributed by atoms with Crippen LogP contribution in [0, 0.1) is 6.92 Å². The van der Waals surface area contributed by atoms with Crippen LogP contribution < -0.4 is 0 Å². The Labute approximate surface area is 105 Å². The van der Waals surface area contributed by atoms with E-state index in [1.807, 2.05) is 17.6 Å². The van der Waals surface area contributed by atoms with Gasteiger partial charge >= 0.3 is 5.97 Å². The van der Waals surface area contributed by atoms with E-state index >= 15 is 0 Å². The van der Waals surface area contributed by atoms with Crippen LogP contribution >= 0.6 is 0 Å². The number of hydrogen-bond donors (Lipinski definition) is 2. The zero-order valence-electron chi connectivity index (χ0n) is 10.3. The lowest BCUT2D eigenvalue weighted by molar-refractivity contribution is 0.0699. The van der Waals surface area contributed by atoms with Gasteiger partial charge in [0.15, 0.2) is 0 Å². The van der Waals surface area contributed by atoms with Crippen molar-refractivity contribution in [2.45, 2.75) is 26.3 Å². The largest absolute Gasteiger partial charge is 0.478 e. The average Bonchev–Trinajstić information content (AvgIpc) is 2.66. The molecule has 0 aliphatic rings. The second kappa shape index (κ2) is 5.18. The smallest absolute Gasteiger partial charge is 0.337 e. The van der Waals surface area contributed by atoms with Crippen LogP contribution in [0.2, 0.25) is 0 Å². The van der Waals surface area contributed by atoms with Crippen molar-refractivity contribution in [3.05, 3.63) is 29.6 Å². The van der Waals surface area contributed by atoms with Crippen LogP contribution in [0.1, 0.15) is 29.0 Å². The molecule has 1 aromatic heterocycles. The van der Waals surface area contributed by atoms with Crippen LogP contribution in [0.5, 0.6) is 0 Å². The number of aromatic nitrogens is 2. The number of aliphatic hydroxyl groups is 1. The molecule has 96 valence electrons. The Morgan fingerprint density at radius 3 is 2.83 bits per heavy atom. The number of carboxylic acid groups (broad SMARTS) is 1. The van der Waals surface area contributed by atoms with Crippen molar-refractivity contribution >= 4 is 17.0 Å². The number of aliphatic hydroxyl groups excluding tert-OH is 1. The van der Waals surface area contributed by atoms with Crippen molar-refractivity contribution in [3.8, 4) is 0 Å². The van der Waals surface area contributed by atoms with Crippen LogP contribution in [-0.4, -0.2) is 32.3 Å². The molecule has 1 aromatic carbocycles. The number of carbonyl (C=O) groups is 1. The molecular weight excluding hydrogens is 232 g/mol. The topological polar surface area (TPSA) is 75.3 Å². The normalized spacial score (nSPS) is 11.0. The van der Waals surface area contributed by atoms with Gasteiger partial charge in [-0.2, -0.15) is 0 Å². The monoisotopic (exact) mass is 248 g/mol. The van der Waals surface area contributed by atoms with Crippen molar-refractivity contribution in [2.75, 3.05) is 6.61 Å². The van der Waals surface area contributed by atoms with Crippen LogP contribution in [0.3, 0.4) is 0 Å². The molecule has 0 aliphatic carbocycles. The minimum Gasteiger partial charge on any atom is -0.478 e. The fourth-order valence-electron chi connectivity index (χ4n) is 2.10. The summed E-state index contributed by atoms with van der Waals surface area (Å²) < 4.78 is 2.00. The van der Waals surface area contributed by atoms with Gasteiger partial charge in [0.1, 0.15) is 11.3 Å². The molecule has 0 bridgehead atoms. The molecule has 5 nitrogen and oxygen atoms in total. The zero-order chi connectivity index (χ0) is 13.1. The molecule has 2 aromatic rings. The summed E-state index contributed by atoms with van der Waals surface area (Å²) in [6.45, 7) is 2.78. The molecule has 5 heteroatoms. The van der Waals surface area contributed by atoms with Crippen LogP contribution in [0.4, 0.5) is 0 Å². The maximum Gasteiger partial charge on any atom is 0.337 e. The Bertz CT molecular complexity index is 575. The molecule has 0 saturated carbocycles. The highest BCUT2D eigenvalue weighted by Gasteiger charge is 2.14. The van der Waals surface area contributed by atoms with E-state index in [-0.39, 0.29) is 12.2 Å². The first kappa shape index (κ1) is 12.6. The minimum atomic E-state index is -0.958. The van der Waals surface area contributed by atoms with Crippen molar-refractivity contribution in [3.63, 3.8) is 0 Å². The predicted molar refractivity (Wildman–Crippen MR) is 67.7 cm³/mol. The summed E-state index contributed by atoms with van der Waals surface area (Å²) in [5.74, 6) is -0.155. The summed E-state index contributed by atoms with van der Waals surface area (Å²) in [7, 11) is 0. The van der Waals surface area contributed by atoms with Crippen LogP contribution in [-0.2, 0) is 6.54 Å². The summed E-state index contributed by atoms with van der Waals surface area (Å²) >= 11 is 0. The van der Waals surface area contributed by atoms with Crippen LogP contribution in [0.25, 0.3) is 11.0 Å². The highest BCUT2D eigenvalue weighted by Crippen LogP contribution is 2.20. The fourth-order valence-corrected chi connectivity index (χ4v) is 2.10. The Morgan fingerprint density at radius 2 is 2.17 bits per heavy atom. The minimum absolute atomic E-state index is 0.173. The summed E-state index contributed by atoms with van der Waals surface area (Å²) in [5, 5.41) is 17.9. The van der Waals surface area contributed by atoms with E-state index in [0.29, 0.717) is 5.52 Å². The van der Waals surface area contributed by atoms with E-state index in [9.17, 15) is 4.79 Å². The SMILES string of the molecule is Cc1nc2c(C(=O)O)cccc2n1CCCCO. The summed E-state index contributed by atoms with van der Waals surface area (Å²) in [6, 6.07) is 5.17. The quantitative estimate of drug-likeness (QED) is 0.791. The molecule has 0 spiro atoms. The van der Waals surface area contributed by atoms with Gasteiger partial charge in [-0.25, -0.2) is 9.78 Å². The number of para-hydroxylation sites is 1. The number of unbranched alkanes of at least 4 members (excludes halogenated alkanes) is 1. The lowest BCUT2D eigenvalue weighted by Gasteiger charge is -2.05. The van der Waals surface area contributed by atoms with Gasteiger partial charge in [0.05, 0.1) is 11.1 Å². The molecule has 18 heavy (non-hydrogen) atoms. The number of benzene rings is 1. The third-order valence-electron chi connectivity index (χ3n) is 2.99. The van der Waals surface area contributed by atoms with E-state index in [4.69, 9.17) is 10.2 Å². The Hall–Kier alpha value is -1.88. The van der Waals surface area contributed by atoms with E-state index in [1.54, 1.807) is 12.1 Å². The Kier molecular flexibility index (Phi) is 3.62. The molecule has 0 saturated heterocycles. The number of carboxylic acids is 1. The van der Waals surface area contributed by atoms with Gasteiger partial charge in [-0.15, -0.1) is 0 Å². The Balaban J connectivity index is 2.45. The summed E-state index contributed by atoms with van der Waals surface area (Å²) in [6.07, 6.45) is 1.58. The maximum absolute atomic E-state index is 11.1. The van der Waals surface area contributed by atoms with Gasteiger partial charge in [0, 0.05) is 13.2 Å². The fraction of sp³-hybridized carbons (Fsp3) is 0.385. The number of aromatic carboxylic acids is 1. The van der Waals surface area contributed by atoms with Gasteiger partial charge < -0.3 is 14.8 Å². The molecule has 0 fully saturated rings. The van der Waals surface area contributed by atoms with Gasteiger partial charge in [-0.3, -0.25) is 0 Å². The van der Waals surface area contributed by atoms with Gasteiger partial charge in [0.2, 0.25) is 0 Å². The zero-order valence-corrected chi connectivity index (χ0v) is 10.3. The summed E-state index contributed by atoms with van der Waals surface area (Å²) in [4.78, 5) is 15.4. The summed E-state index contributed by atoms with van der Waals surface area (Å²) in [5.41, 5.74) is 1.60. The second-order valence-corrected chi connectivity index (χ2v) is 4.22. The molecule has 2 rings (SSSR count).